The Morgan fingerprint density at radius 3 is 1.14 bits per heavy atom. The van der Waals surface area contributed by atoms with Crippen molar-refractivity contribution in [3.05, 3.63) is 85.1 Å². The van der Waals surface area contributed by atoms with Gasteiger partial charge in [-0.2, -0.15) is 0 Å². The number of esters is 3. The molecule has 0 N–H and O–H groups in total. The second-order valence-electron chi connectivity index (χ2n) is 15.6. The molecule has 0 aliphatic heterocycles. The first-order chi connectivity index (χ1) is 29.0. The molecule has 0 aromatic rings. The number of hydrogen-bond acceptors (Lipinski definition) is 6. The molecular weight excluding hydrogens is 733 g/mol. The molecule has 336 valence electrons. The van der Waals surface area contributed by atoms with Gasteiger partial charge in [-0.3, -0.25) is 14.4 Å². The molecule has 6 nitrogen and oxygen atoms in total. The van der Waals surface area contributed by atoms with Gasteiger partial charge < -0.3 is 14.2 Å². The molecular formula is C53H88O6. The predicted octanol–water partition coefficient (Wildman–Crippen LogP) is 15.6. The summed E-state index contributed by atoms with van der Waals surface area (Å²) in [6, 6.07) is 0. The van der Waals surface area contributed by atoms with Crippen LogP contribution < -0.4 is 0 Å². The quantitative estimate of drug-likeness (QED) is 0.0264. The molecule has 0 aromatic carbocycles. The molecule has 0 heterocycles. The first-order valence-electron chi connectivity index (χ1n) is 24.1. The lowest BCUT2D eigenvalue weighted by molar-refractivity contribution is -0.167. The lowest BCUT2D eigenvalue weighted by Crippen LogP contribution is -2.30. The van der Waals surface area contributed by atoms with Crippen LogP contribution in [0.2, 0.25) is 0 Å². The van der Waals surface area contributed by atoms with Crippen LogP contribution in [0.25, 0.3) is 0 Å². The molecule has 0 aliphatic rings. The highest BCUT2D eigenvalue weighted by Crippen LogP contribution is 2.12. The monoisotopic (exact) mass is 821 g/mol. The minimum Gasteiger partial charge on any atom is -0.462 e. The number of hydrogen-bond donors (Lipinski definition) is 0. The topological polar surface area (TPSA) is 78.9 Å². The van der Waals surface area contributed by atoms with Gasteiger partial charge in [0, 0.05) is 19.3 Å². The van der Waals surface area contributed by atoms with Gasteiger partial charge in [0.1, 0.15) is 13.2 Å². The first kappa shape index (κ1) is 55.6. The van der Waals surface area contributed by atoms with Crippen molar-refractivity contribution in [1.29, 1.82) is 0 Å². The summed E-state index contributed by atoms with van der Waals surface area (Å²) in [4.78, 5) is 37.8. The molecule has 0 rings (SSSR count). The Balaban J connectivity index is 4.49. The summed E-state index contributed by atoms with van der Waals surface area (Å²) in [7, 11) is 0. The fourth-order valence-electron chi connectivity index (χ4n) is 6.21. The number of unbranched alkanes of at least 4 members (excludes halogenated alkanes) is 17. The van der Waals surface area contributed by atoms with Gasteiger partial charge in [-0.1, -0.05) is 170 Å². The van der Waals surface area contributed by atoms with E-state index in [-0.39, 0.29) is 37.5 Å². The Morgan fingerprint density at radius 2 is 0.678 bits per heavy atom. The second-order valence-corrected chi connectivity index (χ2v) is 15.6. The highest BCUT2D eigenvalue weighted by Gasteiger charge is 2.19. The lowest BCUT2D eigenvalue weighted by atomic mass is 10.1. The van der Waals surface area contributed by atoms with Gasteiger partial charge in [-0.05, 0) is 109 Å². The molecule has 6 heteroatoms. The van der Waals surface area contributed by atoms with Crippen molar-refractivity contribution in [2.45, 2.75) is 219 Å². The molecule has 0 aromatic heterocycles. The average Bonchev–Trinajstić information content (AvgIpc) is 3.23. The van der Waals surface area contributed by atoms with E-state index < -0.39 is 6.10 Å². The van der Waals surface area contributed by atoms with Crippen LogP contribution in [0.1, 0.15) is 213 Å². The largest absolute Gasteiger partial charge is 0.462 e. The van der Waals surface area contributed by atoms with E-state index in [1.54, 1.807) is 0 Å². The van der Waals surface area contributed by atoms with Gasteiger partial charge in [0.2, 0.25) is 0 Å². The predicted molar refractivity (Wildman–Crippen MR) is 251 cm³/mol. The van der Waals surface area contributed by atoms with Gasteiger partial charge in [-0.25, -0.2) is 0 Å². The summed E-state index contributed by atoms with van der Waals surface area (Å²) in [5.41, 5.74) is 0. The summed E-state index contributed by atoms with van der Waals surface area (Å²) in [6.45, 7) is 6.38. The molecule has 0 aliphatic carbocycles. The summed E-state index contributed by atoms with van der Waals surface area (Å²) >= 11 is 0. The highest BCUT2D eigenvalue weighted by atomic mass is 16.6. The smallest absolute Gasteiger partial charge is 0.306 e. The van der Waals surface area contributed by atoms with Crippen LogP contribution in [0.15, 0.2) is 85.1 Å². The fourth-order valence-corrected chi connectivity index (χ4v) is 6.21. The summed E-state index contributed by atoms with van der Waals surface area (Å²) < 4.78 is 16.7. The maximum atomic E-state index is 12.7. The Bertz CT molecular complexity index is 1170. The van der Waals surface area contributed by atoms with E-state index in [9.17, 15) is 14.4 Å². The van der Waals surface area contributed by atoms with E-state index in [4.69, 9.17) is 14.2 Å². The van der Waals surface area contributed by atoms with Crippen molar-refractivity contribution in [1.82, 2.24) is 0 Å². The van der Waals surface area contributed by atoms with Crippen molar-refractivity contribution in [3.8, 4) is 0 Å². The SMILES string of the molecule is CC/C=C\C/C=C\C/C=C\CCCCCCCC(=O)OC[C@H](COC(=O)CCCCCCC/C=C\CCCC)OC(=O)CCCC/C=C\C/C=C\C/C=C\CCCCC. The number of carbonyl (C=O) groups is 3. The number of rotatable bonds is 42. The third kappa shape index (κ3) is 45.5. The van der Waals surface area contributed by atoms with Crippen LogP contribution in [0.3, 0.4) is 0 Å². The first-order valence-corrected chi connectivity index (χ1v) is 24.1. The Kier molecular flexibility index (Phi) is 44.5. The van der Waals surface area contributed by atoms with Gasteiger partial charge in [-0.15, -0.1) is 0 Å². The molecule has 0 spiro atoms. The number of ether oxygens (including phenoxy) is 3. The molecule has 0 fully saturated rings. The van der Waals surface area contributed by atoms with E-state index in [0.29, 0.717) is 19.3 Å². The van der Waals surface area contributed by atoms with Gasteiger partial charge >= 0.3 is 17.9 Å². The Hall–Kier alpha value is -3.41. The van der Waals surface area contributed by atoms with Crippen LogP contribution in [-0.2, 0) is 28.6 Å². The minimum absolute atomic E-state index is 0.103. The molecule has 0 saturated carbocycles. The third-order valence-corrected chi connectivity index (χ3v) is 9.85. The molecule has 1 atom stereocenters. The van der Waals surface area contributed by atoms with Gasteiger partial charge in [0.25, 0.3) is 0 Å². The molecule has 0 unspecified atom stereocenters. The highest BCUT2D eigenvalue weighted by molar-refractivity contribution is 5.71. The van der Waals surface area contributed by atoms with Crippen LogP contribution in [-0.4, -0.2) is 37.2 Å². The third-order valence-electron chi connectivity index (χ3n) is 9.85. The van der Waals surface area contributed by atoms with Crippen LogP contribution in [0.5, 0.6) is 0 Å². The average molecular weight is 821 g/mol. The van der Waals surface area contributed by atoms with Crippen molar-refractivity contribution in [3.63, 3.8) is 0 Å². The second kappa shape index (κ2) is 47.3. The molecule has 0 amide bonds. The fraction of sp³-hybridized carbons (Fsp3) is 0.679. The summed E-state index contributed by atoms with van der Waals surface area (Å²) in [5.74, 6) is -0.974. The van der Waals surface area contributed by atoms with E-state index >= 15 is 0 Å². The summed E-state index contributed by atoms with van der Waals surface area (Å²) in [6.07, 6.45) is 59.9. The van der Waals surface area contributed by atoms with Gasteiger partial charge in [0.15, 0.2) is 6.10 Å². The molecule has 0 radical (unpaired) electrons. The van der Waals surface area contributed by atoms with Gasteiger partial charge in [0.05, 0.1) is 0 Å². The van der Waals surface area contributed by atoms with Crippen LogP contribution in [0, 0.1) is 0 Å². The maximum absolute atomic E-state index is 12.7. The van der Waals surface area contributed by atoms with Crippen molar-refractivity contribution in [2.75, 3.05) is 13.2 Å². The zero-order valence-corrected chi connectivity index (χ0v) is 38.2. The van der Waals surface area contributed by atoms with Crippen molar-refractivity contribution < 1.29 is 28.6 Å². The zero-order chi connectivity index (χ0) is 43.0. The van der Waals surface area contributed by atoms with Crippen molar-refractivity contribution >= 4 is 17.9 Å². The Morgan fingerprint density at radius 1 is 0.356 bits per heavy atom. The van der Waals surface area contributed by atoms with Crippen molar-refractivity contribution in [2.24, 2.45) is 0 Å². The van der Waals surface area contributed by atoms with E-state index in [1.165, 1.54) is 51.4 Å². The maximum Gasteiger partial charge on any atom is 0.306 e. The van der Waals surface area contributed by atoms with E-state index in [1.807, 2.05) is 0 Å². The number of carbonyl (C=O) groups excluding carboxylic acids is 3. The zero-order valence-electron chi connectivity index (χ0n) is 38.2. The van der Waals surface area contributed by atoms with Crippen LogP contribution >= 0.6 is 0 Å². The normalized spacial score (nSPS) is 12.8. The van der Waals surface area contributed by atoms with E-state index in [0.717, 1.165) is 116 Å². The number of allylic oxidation sites excluding steroid dienone is 14. The van der Waals surface area contributed by atoms with Crippen LogP contribution in [0.4, 0.5) is 0 Å². The lowest BCUT2D eigenvalue weighted by Gasteiger charge is -2.18. The molecule has 0 bridgehead atoms. The standard InChI is InChI=1S/C53H88O6/c1-4-7-10-13-16-19-22-24-26-28-31-34-37-40-43-46-52(55)58-49-50(48-57-51(54)45-42-39-36-33-30-21-18-15-12-9-6-3)59-53(56)47-44-41-38-35-32-29-27-25-23-20-17-14-11-8-5-2/h7,10,15-20,24-27,32,35,50H,4-6,8-9,11-14,21-23,28-31,33-34,36-49H2,1-3H3/b10-7-,18-15-,19-16-,20-17-,26-24-,27-25-,35-32-/t50-/m0/s1. The summed E-state index contributed by atoms with van der Waals surface area (Å²) in [5, 5.41) is 0. The minimum atomic E-state index is -0.805. The van der Waals surface area contributed by atoms with E-state index in [2.05, 4.69) is 106 Å². The molecule has 0 saturated heterocycles. The Labute approximate surface area is 363 Å². The molecule has 59 heavy (non-hydrogen) atoms.